The van der Waals surface area contributed by atoms with E-state index in [0.717, 1.165) is 40.5 Å². The minimum Gasteiger partial charge on any atom is -0.372 e. The molecule has 2 fully saturated rings. The molecule has 39 heavy (non-hydrogen) atoms. The Morgan fingerprint density at radius 3 is 2.56 bits per heavy atom. The lowest BCUT2D eigenvalue weighted by atomic mass is 10.1. The van der Waals surface area contributed by atoms with Crippen LogP contribution < -0.4 is 10.2 Å². The number of piperidine rings is 1. The van der Waals surface area contributed by atoms with Crippen molar-refractivity contribution in [1.29, 1.82) is 0 Å². The first-order valence-electron chi connectivity index (χ1n) is 13.1. The number of morpholine rings is 1. The van der Waals surface area contributed by atoms with Crippen molar-refractivity contribution in [3.05, 3.63) is 48.3 Å². The van der Waals surface area contributed by atoms with Gasteiger partial charge in [-0.25, -0.2) is 22.8 Å². The van der Waals surface area contributed by atoms with Crippen molar-refractivity contribution in [3.63, 3.8) is 0 Å². The Hall–Kier alpha value is -3.22. The molecule has 12 heteroatoms. The maximum atomic E-state index is 14.1. The second kappa shape index (κ2) is 11.1. The standard InChI is InChI=1S/C27H33FN6O4S/c1-17-13-33(14-18(2)38-17)26-6-4-5-23(32-26)24-8-7-19-12-29-21(10-25(19)31-24)11-27(35)30-22-9-20(28)15-34(16-22)39(3,36)37/h4-8,10,12,17-18,20,22H,9,11,13-16H2,1-3H3,(H,30,35)/t17-,18+,20-,22-/m1/s1. The molecule has 2 aliphatic rings. The average molecular weight is 557 g/mol. The van der Waals surface area contributed by atoms with E-state index >= 15 is 0 Å². The van der Waals surface area contributed by atoms with E-state index in [2.05, 4.69) is 29.0 Å². The molecule has 5 heterocycles. The molecule has 4 atom stereocenters. The van der Waals surface area contributed by atoms with Crippen LogP contribution in [0, 0.1) is 0 Å². The SMILES string of the molecule is C[C@@H]1CN(c2cccc(-c3ccc4cnc(CC(=O)N[C@@H]5C[C@@H](F)CN(S(C)(=O)=O)C5)cc4n3)n2)C[C@H](C)O1. The van der Waals surface area contributed by atoms with Crippen LogP contribution in [-0.4, -0.2) is 90.4 Å². The van der Waals surface area contributed by atoms with Gasteiger partial charge in [0.15, 0.2) is 0 Å². The Balaban J connectivity index is 1.30. The van der Waals surface area contributed by atoms with Gasteiger partial charge in [0.1, 0.15) is 12.0 Å². The number of rotatable bonds is 6. The summed E-state index contributed by atoms with van der Waals surface area (Å²) < 4.78 is 44.7. The minimum atomic E-state index is -3.54. The van der Waals surface area contributed by atoms with E-state index < -0.39 is 22.2 Å². The van der Waals surface area contributed by atoms with E-state index in [1.165, 1.54) is 0 Å². The molecule has 5 rings (SSSR count). The van der Waals surface area contributed by atoms with Crippen molar-refractivity contribution >= 4 is 32.7 Å². The molecule has 2 aliphatic heterocycles. The van der Waals surface area contributed by atoms with Gasteiger partial charge in [0.2, 0.25) is 15.9 Å². The molecule has 0 bridgehead atoms. The van der Waals surface area contributed by atoms with Crippen molar-refractivity contribution in [1.82, 2.24) is 24.6 Å². The second-order valence-electron chi connectivity index (χ2n) is 10.5. The molecule has 3 aromatic rings. The number of sulfonamides is 1. The number of aromatic nitrogens is 3. The van der Waals surface area contributed by atoms with Gasteiger partial charge in [-0.15, -0.1) is 0 Å². The number of carbonyl (C=O) groups is 1. The Morgan fingerprint density at radius 2 is 1.82 bits per heavy atom. The first-order chi connectivity index (χ1) is 18.5. The third-order valence-electron chi connectivity index (χ3n) is 6.91. The van der Waals surface area contributed by atoms with E-state index in [0.29, 0.717) is 16.9 Å². The third-order valence-corrected chi connectivity index (χ3v) is 8.15. The molecule has 0 aromatic carbocycles. The Morgan fingerprint density at radius 1 is 1.08 bits per heavy atom. The molecule has 0 aliphatic carbocycles. The monoisotopic (exact) mass is 556 g/mol. The zero-order valence-corrected chi connectivity index (χ0v) is 23.1. The van der Waals surface area contributed by atoms with Gasteiger partial charge in [0.25, 0.3) is 0 Å². The summed E-state index contributed by atoms with van der Waals surface area (Å²) >= 11 is 0. The van der Waals surface area contributed by atoms with Gasteiger partial charge in [0, 0.05) is 50.2 Å². The van der Waals surface area contributed by atoms with E-state index in [1.54, 1.807) is 12.3 Å². The van der Waals surface area contributed by atoms with Crippen molar-refractivity contribution < 1.29 is 22.3 Å². The van der Waals surface area contributed by atoms with Crippen LogP contribution in [0.4, 0.5) is 10.2 Å². The molecule has 2 saturated heterocycles. The van der Waals surface area contributed by atoms with Gasteiger partial charge in [-0.05, 0) is 44.2 Å². The van der Waals surface area contributed by atoms with Crippen molar-refractivity contribution in [3.8, 4) is 11.4 Å². The number of nitrogens with zero attached hydrogens (tertiary/aromatic N) is 5. The maximum absolute atomic E-state index is 14.1. The number of alkyl halides is 1. The Bertz CT molecular complexity index is 1460. The second-order valence-corrected chi connectivity index (χ2v) is 12.4. The molecule has 0 radical (unpaired) electrons. The number of carbonyl (C=O) groups excluding carboxylic acids is 1. The van der Waals surface area contributed by atoms with Crippen LogP contribution in [0.5, 0.6) is 0 Å². The van der Waals surface area contributed by atoms with Crippen LogP contribution in [-0.2, 0) is 26.0 Å². The highest BCUT2D eigenvalue weighted by Crippen LogP contribution is 2.24. The van der Waals surface area contributed by atoms with E-state index in [1.807, 2.05) is 30.3 Å². The first-order valence-corrected chi connectivity index (χ1v) is 14.9. The molecule has 1 amide bonds. The van der Waals surface area contributed by atoms with Crippen molar-refractivity contribution in [2.75, 3.05) is 37.3 Å². The van der Waals surface area contributed by atoms with Crippen molar-refractivity contribution in [2.24, 2.45) is 0 Å². The highest BCUT2D eigenvalue weighted by Gasteiger charge is 2.32. The van der Waals surface area contributed by atoms with Gasteiger partial charge in [-0.3, -0.25) is 9.78 Å². The Kier molecular flexibility index (Phi) is 7.79. The number of pyridine rings is 3. The fraction of sp³-hybridized carbons (Fsp3) is 0.481. The average Bonchev–Trinajstić information content (AvgIpc) is 2.87. The van der Waals surface area contributed by atoms with Crippen LogP contribution in [0.25, 0.3) is 22.3 Å². The predicted molar refractivity (Wildman–Crippen MR) is 147 cm³/mol. The molecule has 1 N–H and O–H groups in total. The molecule has 208 valence electrons. The van der Waals surface area contributed by atoms with E-state index in [4.69, 9.17) is 14.7 Å². The van der Waals surface area contributed by atoms with Crippen LogP contribution >= 0.6 is 0 Å². The minimum absolute atomic E-state index is 0.0324. The summed E-state index contributed by atoms with van der Waals surface area (Å²) in [4.78, 5) is 29.0. The number of nitrogens with one attached hydrogen (secondary N) is 1. The lowest BCUT2D eigenvalue weighted by molar-refractivity contribution is -0.121. The molecular weight excluding hydrogens is 523 g/mol. The molecule has 10 nitrogen and oxygen atoms in total. The van der Waals surface area contributed by atoms with E-state index in [9.17, 15) is 17.6 Å². The fourth-order valence-electron chi connectivity index (χ4n) is 5.22. The van der Waals surface area contributed by atoms with Crippen molar-refractivity contribution in [2.45, 2.75) is 51.1 Å². The molecule has 0 spiro atoms. The summed E-state index contributed by atoms with van der Waals surface area (Å²) in [6.07, 6.45) is 1.66. The first kappa shape index (κ1) is 27.4. The number of hydrogen-bond donors (Lipinski definition) is 1. The molecule has 0 saturated carbocycles. The highest BCUT2D eigenvalue weighted by molar-refractivity contribution is 7.88. The number of hydrogen-bond acceptors (Lipinski definition) is 8. The van der Waals surface area contributed by atoms with Crippen LogP contribution in [0.3, 0.4) is 0 Å². The number of ether oxygens (including phenoxy) is 1. The number of anilines is 1. The van der Waals surface area contributed by atoms with Gasteiger partial charge >= 0.3 is 0 Å². The lowest BCUT2D eigenvalue weighted by Gasteiger charge is -2.36. The summed E-state index contributed by atoms with van der Waals surface area (Å²) in [5.41, 5.74) is 2.63. The summed E-state index contributed by atoms with van der Waals surface area (Å²) in [6, 6.07) is 10.9. The predicted octanol–water partition coefficient (Wildman–Crippen LogP) is 2.34. The summed E-state index contributed by atoms with van der Waals surface area (Å²) in [7, 11) is -3.54. The fourth-order valence-corrected chi connectivity index (χ4v) is 6.11. The van der Waals surface area contributed by atoms with Crippen LogP contribution in [0.2, 0.25) is 0 Å². The zero-order valence-electron chi connectivity index (χ0n) is 22.2. The smallest absolute Gasteiger partial charge is 0.226 e. The quantitative estimate of drug-likeness (QED) is 0.492. The summed E-state index contributed by atoms with van der Waals surface area (Å²) in [6.45, 7) is 5.51. The van der Waals surface area contributed by atoms with Crippen LogP contribution in [0.15, 0.2) is 42.6 Å². The van der Waals surface area contributed by atoms with Gasteiger partial charge in [-0.1, -0.05) is 6.07 Å². The zero-order chi connectivity index (χ0) is 27.7. The number of fused-ring (bicyclic) bond motifs is 1. The van der Waals surface area contributed by atoms with Crippen LogP contribution in [0.1, 0.15) is 26.0 Å². The summed E-state index contributed by atoms with van der Waals surface area (Å²) in [5.74, 6) is 0.519. The maximum Gasteiger partial charge on any atom is 0.226 e. The third kappa shape index (κ3) is 6.68. The molecule has 3 aromatic heterocycles. The molecule has 0 unspecified atom stereocenters. The Labute approximate surface area is 227 Å². The molecular formula is C27H33FN6O4S. The summed E-state index contributed by atoms with van der Waals surface area (Å²) in [5, 5.41) is 3.58. The number of halogens is 1. The van der Waals surface area contributed by atoms with E-state index in [-0.39, 0.29) is 44.0 Å². The lowest BCUT2D eigenvalue weighted by Crippen LogP contribution is -2.53. The van der Waals surface area contributed by atoms with Gasteiger partial charge in [0.05, 0.1) is 47.5 Å². The highest BCUT2D eigenvalue weighted by atomic mass is 32.2. The topological polar surface area (TPSA) is 118 Å². The number of amides is 1. The normalized spacial score (nSPS) is 24.6. The van der Waals surface area contributed by atoms with Gasteiger partial charge < -0.3 is 15.0 Å². The largest absolute Gasteiger partial charge is 0.372 e. The van der Waals surface area contributed by atoms with Gasteiger partial charge in [-0.2, -0.15) is 4.31 Å².